The fourth-order valence-corrected chi connectivity index (χ4v) is 1.79. The van der Waals surface area contributed by atoms with Gasteiger partial charge in [0.1, 0.15) is 5.82 Å². The molecule has 0 radical (unpaired) electrons. The predicted molar refractivity (Wildman–Crippen MR) is 58.9 cm³/mol. The molecule has 2 heterocycles. The normalized spacial score (nSPS) is 23.6. The Balaban J connectivity index is 1.89. The largest absolute Gasteiger partial charge is 0.391 e. The minimum Gasteiger partial charge on any atom is -0.391 e. The van der Waals surface area contributed by atoms with Crippen LogP contribution in [-0.4, -0.2) is 41.7 Å². The van der Waals surface area contributed by atoms with Gasteiger partial charge in [-0.05, 0) is 6.07 Å². The van der Waals surface area contributed by atoms with Crippen molar-refractivity contribution in [1.29, 1.82) is 0 Å². The quantitative estimate of drug-likeness (QED) is 0.666. The standard InChI is InChI=1S/C11H14FN3O2/c12-9-1-7(2-13-5-9)11(17)15-4-8-3-14-6-10(8)16/h1-2,5,8,10,14,16H,3-4,6H2,(H,15,17). The Hall–Kier alpha value is -1.53. The van der Waals surface area contributed by atoms with E-state index in [1.165, 1.54) is 6.20 Å². The van der Waals surface area contributed by atoms with E-state index in [1.807, 2.05) is 0 Å². The third-order valence-electron chi connectivity index (χ3n) is 2.80. The highest BCUT2D eigenvalue weighted by molar-refractivity contribution is 5.93. The van der Waals surface area contributed by atoms with Gasteiger partial charge in [0.2, 0.25) is 0 Å². The number of hydrogen-bond acceptors (Lipinski definition) is 4. The van der Waals surface area contributed by atoms with E-state index in [2.05, 4.69) is 15.6 Å². The molecular weight excluding hydrogens is 225 g/mol. The van der Waals surface area contributed by atoms with Gasteiger partial charge in [-0.3, -0.25) is 9.78 Å². The summed E-state index contributed by atoms with van der Waals surface area (Å²) in [5, 5.41) is 15.2. The lowest BCUT2D eigenvalue weighted by Crippen LogP contribution is -2.34. The van der Waals surface area contributed by atoms with Crippen LogP contribution in [0.3, 0.4) is 0 Å². The molecule has 2 atom stereocenters. The van der Waals surface area contributed by atoms with E-state index in [9.17, 15) is 14.3 Å². The van der Waals surface area contributed by atoms with Crippen molar-refractivity contribution in [2.75, 3.05) is 19.6 Å². The van der Waals surface area contributed by atoms with Gasteiger partial charge in [-0.25, -0.2) is 4.39 Å². The van der Waals surface area contributed by atoms with E-state index >= 15 is 0 Å². The zero-order chi connectivity index (χ0) is 12.3. The van der Waals surface area contributed by atoms with Crippen molar-refractivity contribution in [2.45, 2.75) is 6.10 Å². The fourth-order valence-electron chi connectivity index (χ4n) is 1.79. The highest BCUT2D eigenvalue weighted by Gasteiger charge is 2.25. The van der Waals surface area contributed by atoms with Gasteiger partial charge in [0.25, 0.3) is 5.91 Å². The van der Waals surface area contributed by atoms with Crippen molar-refractivity contribution in [3.63, 3.8) is 0 Å². The molecule has 0 aromatic carbocycles. The van der Waals surface area contributed by atoms with Crippen molar-refractivity contribution in [1.82, 2.24) is 15.6 Å². The molecule has 0 bridgehead atoms. The van der Waals surface area contributed by atoms with Crippen LogP contribution in [0.25, 0.3) is 0 Å². The number of aromatic nitrogens is 1. The van der Waals surface area contributed by atoms with Crippen LogP contribution in [0.5, 0.6) is 0 Å². The third kappa shape index (κ3) is 2.98. The average molecular weight is 239 g/mol. The second-order valence-corrected chi connectivity index (χ2v) is 4.09. The lowest BCUT2D eigenvalue weighted by Gasteiger charge is -2.13. The number of aliphatic hydroxyl groups excluding tert-OH is 1. The number of nitrogens with one attached hydrogen (secondary N) is 2. The molecule has 0 aliphatic carbocycles. The molecule has 0 spiro atoms. The number of hydrogen-bond donors (Lipinski definition) is 3. The summed E-state index contributed by atoms with van der Waals surface area (Å²) < 4.78 is 12.8. The number of aliphatic hydroxyl groups is 1. The third-order valence-corrected chi connectivity index (χ3v) is 2.80. The zero-order valence-corrected chi connectivity index (χ0v) is 9.19. The molecule has 17 heavy (non-hydrogen) atoms. The highest BCUT2D eigenvalue weighted by Crippen LogP contribution is 2.07. The molecule has 1 aliphatic rings. The summed E-state index contributed by atoms with van der Waals surface area (Å²) in [5.74, 6) is -0.920. The number of carbonyl (C=O) groups is 1. The molecular formula is C11H14FN3O2. The van der Waals surface area contributed by atoms with Crippen LogP contribution in [0.15, 0.2) is 18.5 Å². The Morgan fingerprint density at radius 2 is 2.41 bits per heavy atom. The van der Waals surface area contributed by atoms with Crippen LogP contribution < -0.4 is 10.6 Å². The molecule has 6 heteroatoms. The molecule has 92 valence electrons. The maximum absolute atomic E-state index is 12.8. The molecule has 1 fully saturated rings. The topological polar surface area (TPSA) is 74.2 Å². The maximum atomic E-state index is 12.8. The van der Waals surface area contributed by atoms with Crippen LogP contribution in [-0.2, 0) is 0 Å². The first-order valence-corrected chi connectivity index (χ1v) is 5.44. The van der Waals surface area contributed by atoms with E-state index in [1.54, 1.807) is 0 Å². The van der Waals surface area contributed by atoms with Gasteiger partial charge in [-0.15, -0.1) is 0 Å². The van der Waals surface area contributed by atoms with E-state index in [4.69, 9.17) is 0 Å². The predicted octanol–water partition coefficient (Wildman–Crippen LogP) is -0.469. The average Bonchev–Trinajstić information content (AvgIpc) is 2.72. The zero-order valence-electron chi connectivity index (χ0n) is 9.19. The second-order valence-electron chi connectivity index (χ2n) is 4.09. The first-order valence-electron chi connectivity index (χ1n) is 5.44. The van der Waals surface area contributed by atoms with E-state index in [-0.39, 0.29) is 17.4 Å². The summed E-state index contributed by atoms with van der Waals surface area (Å²) in [7, 11) is 0. The summed E-state index contributed by atoms with van der Waals surface area (Å²) in [6.45, 7) is 1.58. The SMILES string of the molecule is O=C(NCC1CNCC1O)c1cncc(F)c1. The number of amides is 1. The number of rotatable bonds is 3. The summed E-state index contributed by atoms with van der Waals surface area (Å²) in [6, 6.07) is 1.13. The molecule has 1 amide bonds. The summed E-state index contributed by atoms with van der Waals surface area (Å²) >= 11 is 0. The molecule has 1 aromatic rings. The first-order chi connectivity index (χ1) is 8.16. The minimum atomic E-state index is -0.541. The summed E-state index contributed by atoms with van der Waals surface area (Å²) in [5.41, 5.74) is 0.186. The number of β-amino-alcohol motifs (C(OH)–C–C–N with tert-alkyl or cyclic N) is 1. The van der Waals surface area contributed by atoms with Crippen molar-refractivity contribution in [2.24, 2.45) is 5.92 Å². The molecule has 0 saturated carbocycles. The fraction of sp³-hybridized carbons (Fsp3) is 0.455. The molecule has 2 rings (SSSR count). The number of pyridine rings is 1. The van der Waals surface area contributed by atoms with Gasteiger partial charge in [-0.2, -0.15) is 0 Å². The van der Waals surface area contributed by atoms with E-state index < -0.39 is 11.9 Å². The van der Waals surface area contributed by atoms with Crippen LogP contribution in [0.2, 0.25) is 0 Å². The number of carbonyl (C=O) groups excluding carboxylic acids is 1. The molecule has 5 nitrogen and oxygen atoms in total. The van der Waals surface area contributed by atoms with E-state index in [0.29, 0.717) is 19.6 Å². The minimum absolute atomic E-state index is 0.000434. The lowest BCUT2D eigenvalue weighted by atomic mass is 10.1. The Labute approximate surface area is 98.1 Å². The molecule has 3 N–H and O–H groups in total. The van der Waals surface area contributed by atoms with Crippen molar-refractivity contribution in [3.05, 3.63) is 29.8 Å². The van der Waals surface area contributed by atoms with Gasteiger partial charge in [0.15, 0.2) is 0 Å². The van der Waals surface area contributed by atoms with Gasteiger partial charge < -0.3 is 15.7 Å². The van der Waals surface area contributed by atoms with Crippen molar-refractivity contribution >= 4 is 5.91 Å². The Bertz CT molecular complexity index is 413. The van der Waals surface area contributed by atoms with Crippen LogP contribution >= 0.6 is 0 Å². The Kier molecular flexibility index (Phi) is 3.65. The van der Waals surface area contributed by atoms with Crippen molar-refractivity contribution < 1.29 is 14.3 Å². The van der Waals surface area contributed by atoms with Gasteiger partial charge >= 0.3 is 0 Å². The molecule has 1 aromatic heterocycles. The molecule has 1 aliphatic heterocycles. The molecule has 1 saturated heterocycles. The van der Waals surface area contributed by atoms with Crippen LogP contribution in [0.4, 0.5) is 4.39 Å². The lowest BCUT2D eigenvalue weighted by molar-refractivity contribution is 0.0926. The second kappa shape index (κ2) is 5.20. The van der Waals surface area contributed by atoms with Crippen LogP contribution in [0, 0.1) is 11.7 Å². The molecule has 2 unspecified atom stereocenters. The van der Waals surface area contributed by atoms with Gasteiger partial charge in [0.05, 0.1) is 17.9 Å². The Morgan fingerprint density at radius 1 is 1.59 bits per heavy atom. The first kappa shape index (κ1) is 11.9. The van der Waals surface area contributed by atoms with Crippen molar-refractivity contribution in [3.8, 4) is 0 Å². The van der Waals surface area contributed by atoms with Gasteiger partial charge in [0, 0.05) is 31.7 Å². The summed E-state index contributed by atoms with van der Waals surface area (Å²) in [4.78, 5) is 15.2. The smallest absolute Gasteiger partial charge is 0.252 e. The Morgan fingerprint density at radius 3 is 3.06 bits per heavy atom. The van der Waals surface area contributed by atoms with Crippen LogP contribution in [0.1, 0.15) is 10.4 Å². The number of halogens is 1. The summed E-state index contributed by atoms with van der Waals surface area (Å²) in [6.07, 6.45) is 1.91. The number of nitrogens with zero attached hydrogens (tertiary/aromatic N) is 1. The maximum Gasteiger partial charge on any atom is 0.252 e. The van der Waals surface area contributed by atoms with E-state index in [0.717, 1.165) is 12.3 Å². The van der Waals surface area contributed by atoms with Gasteiger partial charge in [-0.1, -0.05) is 0 Å². The highest BCUT2D eigenvalue weighted by atomic mass is 19.1. The monoisotopic (exact) mass is 239 g/mol.